The Kier molecular flexibility index (Phi) is 6.18. The third-order valence-electron chi connectivity index (χ3n) is 4.62. The van der Waals surface area contributed by atoms with Gasteiger partial charge in [0.25, 0.3) is 11.5 Å². The van der Waals surface area contributed by atoms with Crippen molar-refractivity contribution in [2.24, 2.45) is 5.92 Å². The summed E-state index contributed by atoms with van der Waals surface area (Å²) in [6, 6.07) is 7.05. The molecule has 0 saturated heterocycles. The highest BCUT2D eigenvalue weighted by Crippen LogP contribution is 2.28. The molecule has 0 aliphatic carbocycles. The Balaban J connectivity index is 1.97. The maximum atomic E-state index is 12.9. The third-order valence-corrected chi connectivity index (χ3v) is 5.62. The molecule has 3 aromatic rings. The number of nitrogens with zero attached hydrogens (tertiary/aromatic N) is 4. The van der Waals surface area contributed by atoms with Crippen LogP contribution in [0.1, 0.15) is 62.0 Å². The van der Waals surface area contributed by atoms with Crippen molar-refractivity contribution in [3.63, 3.8) is 0 Å². The SMILES string of the molecule is CCC(CC)c1nnc(NC(=O)c2nn(CC(C)C)c(=O)c3ccccc23)s1. The average Bonchev–Trinajstić information content (AvgIpc) is 3.13. The van der Waals surface area contributed by atoms with Gasteiger partial charge in [-0.05, 0) is 24.8 Å². The first-order valence-corrected chi connectivity index (χ1v) is 10.4. The Labute approximate surface area is 167 Å². The van der Waals surface area contributed by atoms with Gasteiger partial charge in [0.05, 0.1) is 5.39 Å². The van der Waals surface area contributed by atoms with E-state index in [2.05, 4.69) is 34.5 Å². The maximum Gasteiger partial charge on any atom is 0.278 e. The van der Waals surface area contributed by atoms with Crippen LogP contribution >= 0.6 is 11.3 Å². The van der Waals surface area contributed by atoms with Gasteiger partial charge in [-0.1, -0.05) is 57.2 Å². The van der Waals surface area contributed by atoms with Crippen LogP contribution in [0, 0.1) is 5.92 Å². The second-order valence-electron chi connectivity index (χ2n) is 7.19. The highest BCUT2D eigenvalue weighted by atomic mass is 32.1. The molecule has 0 spiro atoms. The monoisotopic (exact) mass is 399 g/mol. The topological polar surface area (TPSA) is 89.8 Å². The summed E-state index contributed by atoms with van der Waals surface area (Å²) >= 11 is 1.39. The number of hydrogen-bond donors (Lipinski definition) is 1. The summed E-state index contributed by atoms with van der Waals surface area (Å²) in [5, 5.41) is 17.9. The van der Waals surface area contributed by atoms with Crippen molar-refractivity contribution in [3.05, 3.63) is 45.3 Å². The number of fused-ring (bicyclic) bond motifs is 1. The number of hydrogen-bond acceptors (Lipinski definition) is 6. The quantitative estimate of drug-likeness (QED) is 0.647. The van der Waals surface area contributed by atoms with Gasteiger partial charge in [-0.2, -0.15) is 5.10 Å². The predicted molar refractivity (Wildman–Crippen MR) is 112 cm³/mol. The number of aromatic nitrogens is 4. The van der Waals surface area contributed by atoms with Crippen molar-refractivity contribution >= 4 is 33.1 Å². The summed E-state index contributed by atoms with van der Waals surface area (Å²) in [5.74, 6) is 0.184. The fourth-order valence-electron chi connectivity index (χ4n) is 3.12. The zero-order chi connectivity index (χ0) is 20.3. The van der Waals surface area contributed by atoms with Crippen molar-refractivity contribution in [1.29, 1.82) is 0 Å². The van der Waals surface area contributed by atoms with Crippen molar-refractivity contribution in [2.75, 3.05) is 5.32 Å². The number of carbonyl (C=O) groups excluding carboxylic acids is 1. The van der Waals surface area contributed by atoms with E-state index in [-0.39, 0.29) is 23.1 Å². The Morgan fingerprint density at radius 2 is 1.82 bits per heavy atom. The molecule has 148 valence electrons. The normalized spacial score (nSPS) is 11.5. The minimum Gasteiger partial charge on any atom is -0.295 e. The molecule has 0 saturated carbocycles. The lowest BCUT2D eigenvalue weighted by Gasteiger charge is -2.12. The molecule has 28 heavy (non-hydrogen) atoms. The predicted octanol–water partition coefficient (Wildman–Crippen LogP) is 4.06. The molecule has 0 fully saturated rings. The van der Waals surface area contributed by atoms with E-state index in [1.165, 1.54) is 16.0 Å². The fraction of sp³-hybridized carbons (Fsp3) is 0.450. The highest BCUT2D eigenvalue weighted by molar-refractivity contribution is 7.15. The van der Waals surface area contributed by atoms with Gasteiger partial charge in [-0.3, -0.25) is 14.9 Å². The molecule has 0 unspecified atom stereocenters. The molecule has 7 nitrogen and oxygen atoms in total. The molecule has 0 atom stereocenters. The number of benzene rings is 1. The van der Waals surface area contributed by atoms with Gasteiger partial charge in [-0.15, -0.1) is 10.2 Å². The average molecular weight is 400 g/mol. The fourth-order valence-corrected chi connectivity index (χ4v) is 4.12. The molecular weight excluding hydrogens is 374 g/mol. The van der Waals surface area contributed by atoms with E-state index in [0.717, 1.165) is 17.8 Å². The van der Waals surface area contributed by atoms with Gasteiger partial charge in [0.15, 0.2) is 5.69 Å². The lowest BCUT2D eigenvalue weighted by Crippen LogP contribution is -2.29. The lowest BCUT2D eigenvalue weighted by molar-refractivity contribution is 0.102. The summed E-state index contributed by atoms with van der Waals surface area (Å²) < 4.78 is 1.37. The van der Waals surface area contributed by atoms with Crippen molar-refractivity contribution < 1.29 is 4.79 Å². The van der Waals surface area contributed by atoms with Crippen LogP contribution in [0.5, 0.6) is 0 Å². The first kappa shape index (κ1) is 20.1. The van der Waals surface area contributed by atoms with Crippen LogP contribution in [-0.4, -0.2) is 25.9 Å². The van der Waals surface area contributed by atoms with Crippen LogP contribution in [0.2, 0.25) is 0 Å². The number of nitrogens with one attached hydrogen (secondary N) is 1. The molecule has 0 aliphatic rings. The molecule has 0 bridgehead atoms. The van der Waals surface area contributed by atoms with Crippen LogP contribution in [0.3, 0.4) is 0 Å². The minimum atomic E-state index is -0.388. The van der Waals surface area contributed by atoms with Gasteiger partial charge in [0.2, 0.25) is 5.13 Å². The molecule has 8 heteroatoms. The molecule has 0 aliphatic heterocycles. The molecule has 1 N–H and O–H groups in total. The lowest BCUT2D eigenvalue weighted by atomic mass is 10.1. The van der Waals surface area contributed by atoms with E-state index >= 15 is 0 Å². The third kappa shape index (κ3) is 4.11. The Hall–Kier alpha value is -2.61. The molecule has 0 radical (unpaired) electrons. The maximum absolute atomic E-state index is 12.9. The molecule has 2 heterocycles. The largest absolute Gasteiger partial charge is 0.295 e. The van der Waals surface area contributed by atoms with Crippen LogP contribution in [0.15, 0.2) is 29.1 Å². The zero-order valence-corrected chi connectivity index (χ0v) is 17.4. The van der Waals surface area contributed by atoms with Crippen LogP contribution in [0.25, 0.3) is 10.8 Å². The number of anilines is 1. The molecule has 1 aromatic carbocycles. The standard InChI is InChI=1S/C20H25N5O2S/c1-5-13(6-2)18-22-23-20(28-18)21-17(26)16-14-9-7-8-10-15(14)19(27)25(24-16)11-12(3)4/h7-10,12-13H,5-6,11H2,1-4H3,(H,21,23,26). The Morgan fingerprint density at radius 3 is 2.46 bits per heavy atom. The van der Waals surface area contributed by atoms with Crippen LogP contribution < -0.4 is 10.9 Å². The van der Waals surface area contributed by atoms with Gasteiger partial charge >= 0.3 is 0 Å². The van der Waals surface area contributed by atoms with Crippen molar-refractivity contribution in [2.45, 2.75) is 53.0 Å². The smallest absolute Gasteiger partial charge is 0.278 e. The molecule has 1 amide bonds. The van der Waals surface area contributed by atoms with Gasteiger partial charge in [-0.25, -0.2) is 4.68 Å². The van der Waals surface area contributed by atoms with E-state index in [1.54, 1.807) is 24.3 Å². The highest BCUT2D eigenvalue weighted by Gasteiger charge is 2.20. The second kappa shape index (κ2) is 8.60. The van der Waals surface area contributed by atoms with E-state index in [0.29, 0.717) is 28.4 Å². The van der Waals surface area contributed by atoms with E-state index in [4.69, 9.17) is 0 Å². The van der Waals surface area contributed by atoms with Crippen LogP contribution in [0.4, 0.5) is 5.13 Å². The second-order valence-corrected chi connectivity index (χ2v) is 8.20. The summed E-state index contributed by atoms with van der Waals surface area (Å²) in [6.45, 7) is 8.68. The summed E-state index contributed by atoms with van der Waals surface area (Å²) in [6.07, 6.45) is 1.96. The Morgan fingerprint density at radius 1 is 1.14 bits per heavy atom. The van der Waals surface area contributed by atoms with Crippen molar-refractivity contribution in [1.82, 2.24) is 20.0 Å². The first-order chi connectivity index (χ1) is 13.4. The van der Waals surface area contributed by atoms with Crippen LogP contribution in [-0.2, 0) is 6.54 Å². The molecule has 2 aromatic heterocycles. The summed E-state index contributed by atoms with van der Waals surface area (Å²) in [5.41, 5.74) is 0.0305. The van der Waals surface area contributed by atoms with E-state index < -0.39 is 0 Å². The summed E-state index contributed by atoms with van der Waals surface area (Å²) in [7, 11) is 0. The minimum absolute atomic E-state index is 0.187. The van der Waals surface area contributed by atoms with Crippen molar-refractivity contribution in [3.8, 4) is 0 Å². The van der Waals surface area contributed by atoms with Gasteiger partial charge in [0.1, 0.15) is 5.01 Å². The summed E-state index contributed by atoms with van der Waals surface area (Å²) in [4.78, 5) is 25.6. The molecule has 3 rings (SSSR count). The van der Waals surface area contributed by atoms with Gasteiger partial charge < -0.3 is 0 Å². The van der Waals surface area contributed by atoms with E-state index in [9.17, 15) is 9.59 Å². The number of rotatable bonds is 7. The van der Waals surface area contributed by atoms with Gasteiger partial charge in [0, 0.05) is 17.8 Å². The number of amides is 1. The van der Waals surface area contributed by atoms with E-state index in [1.807, 2.05) is 13.8 Å². The molecular formula is C20H25N5O2S. The zero-order valence-electron chi connectivity index (χ0n) is 16.6. The first-order valence-electron chi connectivity index (χ1n) is 9.59. The Bertz CT molecular complexity index is 1040. The number of carbonyl (C=O) groups is 1.